The van der Waals surface area contributed by atoms with Crippen molar-refractivity contribution in [3.05, 3.63) is 48.0 Å². The summed E-state index contributed by atoms with van der Waals surface area (Å²) in [4.78, 5) is 29.1. The Bertz CT molecular complexity index is 1190. The second-order valence-corrected chi connectivity index (χ2v) is 8.82. The number of carbonyl (C=O) groups excluding carboxylic acids is 2. The molecule has 0 saturated heterocycles. The van der Waals surface area contributed by atoms with Gasteiger partial charge in [-0.25, -0.2) is 4.68 Å². The Labute approximate surface area is 210 Å². The van der Waals surface area contributed by atoms with Crippen LogP contribution in [0.2, 0.25) is 0 Å². The van der Waals surface area contributed by atoms with E-state index in [2.05, 4.69) is 15.6 Å². The monoisotopic (exact) mass is 495 g/mol. The number of hydrogen-bond donors (Lipinski definition) is 1. The number of methoxy groups -OCH3 is 3. The van der Waals surface area contributed by atoms with Crippen LogP contribution in [0.15, 0.2) is 42.5 Å². The Hall–Kier alpha value is -3.66. The van der Waals surface area contributed by atoms with Gasteiger partial charge in [-0.1, -0.05) is 30.2 Å². The lowest BCUT2D eigenvalue weighted by atomic mass is 10.0. The average Bonchev–Trinajstić information content (AvgIpc) is 3.56. The average molecular weight is 496 g/mol. The Balaban J connectivity index is 1.71. The zero-order chi connectivity index (χ0) is 25.5. The molecule has 10 heteroatoms. The summed E-state index contributed by atoms with van der Waals surface area (Å²) in [6, 6.07) is 11.8. The minimum Gasteiger partial charge on any atom is -0.497 e. The molecule has 2 aromatic carbocycles. The highest BCUT2D eigenvalue weighted by molar-refractivity contribution is 5.90. The van der Waals surface area contributed by atoms with Crippen LogP contribution < -0.4 is 14.8 Å². The molecule has 0 aliphatic heterocycles. The highest BCUT2D eigenvalue weighted by Gasteiger charge is 2.35. The van der Waals surface area contributed by atoms with Crippen LogP contribution in [0.1, 0.15) is 37.3 Å². The number of fused-ring (bicyclic) bond motifs is 1. The van der Waals surface area contributed by atoms with Crippen molar-refractivity contribution in [3.63, 3.8) is 0 Å². The quantitative estimate of drug-likeness (QED) is 0.436. The number of hydrogen-bond acceptors (Lipinski definition) is 7. The van der Waals surface area contributed by atoms with E-state index in [-0.39, 0.29) is 37.6 Å². The number of para-hydroxylation sites is 1. The van der Waals surface area contributed by atoms with E-state index in [0.717, 1.165) is 31.2 Å². The molecule has 2 amide bonds. The molecule has 1 aromatic heterocycles. The molecular formula is C26H33N5O5. The van der Waals surface area contributed by atoms with Crippen molar-refractivity contribution in [2.45, 2.75) is 44.3 Å². The summed E-state index contributed by atoms with van der Waals surface area (Å²) in [5.74, 6) is 0.516. The molecule has 0 unspecified atom stereocenters. The number of benzene rings is 2. The van der Waals surface area contributed by atoms with Gasteiger partial charge in [-0.05, 0) is 37.1 Å². The number of nitrogens with zero attached hydrogens (tertiary/aromatic N) is 4. The summed E-state index contributed by atoms with van der Waals surface area (Å²) in [5, 5.41) is 11.5. The zero-order valence-corrected chi connectivity index (χ0v) is 21.0. The SMILES string of the molecule is COCCN(C(=O)Cn1nnc2ccccc21)[C@H](C(=O)NC1CCCC1)c1ccc(OC)cc1OC. The lowest BCUT2D eigenvalue weighted by molar-refractivity contribution is -0.142. The van der Waals surface area contributed by atoms with Gasteiger partial charge in [0, 0.05) is 31.3 Å². The molecule has 192 valence electrons. The van der Waals surface area contributed by atoms with Gasteiger partial charge in [0.2, 0.25) is 11.8 Å². The van der Waals surface area contributed by atoms with Crippen molar-refractivity contribution in [1.82, 2.24) is 25.2 Å². The molecule has 10 nitrogen and oxygen atoms in total. The first-order valence-corrected chi connectivity index (χ1v) is 12.1. The molecule has 1 fully saturated rings. The third-order valence-corrected chi connectivity index (χ3v) is 6.56. The van der Waals surface area contributed by atoms with Crippen molar-refractivity contribution >= 4 is 22.8 Å². The van der Waals surface area contributed by atoms with E-state index < -0.39 is 6.04 Å². The van der Waals surface area contributed by atoms with E-state index in [1.807, 2.05) is 24.3 Å². The molecule has 0 bridgehead atoms. The van der Waals surface area contributed by atoms with Gasteiger partial charge in [0.15, 0.2) is 0 Å². The van der Waals surface area contributed by atoms with Crippen molar-refractivity contribution in [2.24, 2.45) is 0 Å². The minimum absolute atomic E-state index is 0.0735. The van der Waals surface area contributed by atoms with Crippen LogP contribution >= 0.6 is 0 Å². The van der Waals surface area contributed by atoms with Crippen molar-refractivity contribution in [1.29, 1.82) is 0 Å². The van der Waals surface area contributed by atoms with Crippen LogP contribution in [0.5, 0.6) is 11.5 Å². The van der Waals surface area contributed by atoms with Crippen molar-refractivity contribution < 1.29 is 23.8 Å². The number of nitrogens with one attached hydrogen (secondary N) is 1. The molecule has 1 N–H and O–H groups in total. The Morgan fingerprint density at radius 1 is 1.11 bits per heavy atom. The summed E-state index contributed by atoms with van der Waals surface area (Å²) in [6.45, 7) is 0.394. The van der Waals surface area contributed by atoms with Crippen LogP contribution in [0.3, 0.4) is 0 Å². The maximum absolute atomic E-state index is 13.8. The first-order chi connectivity index (χ1) is 17.5. The van der Waals surface area contributed by atoms with Gasteiger partial charge >= 0.3 is 0 Å². The molecular weight excluding hydrogens is 462 g/mol. The molecule has 1 heterocycles. The van der Waals surface area contributed by atoms with E-state index >= 15 is 0 Å². The number of ether oxygens (including phenoxy) is 3. The highest BCUT2D eigenvalue weighted by atomic mass is 16.5. The van der Waals surface area contributed by atoms with Gasteiger partial charge in [-0.2, -0.15) is 0 Å². The van der Waals surface area contributed by atoms with Gasteiger partial charge in [0.05, 0.1) is 26.3 Å². The third-order valence-electron chi connectivity index (χ3n) is 6.56. The molecule has 3 aromatic rings. The van der Waals surface area contributed by atoms with Crippen LogP contribution in [-0.2, 0) is 20.9 Å². The Kier molecular flexibility index (Phi) is 8.37. The van der Waals surface area contributed by atoms with Crippen LogP contribution in [0.4, 0.5) is 0 Å². The molecule has 0 spiro atoms. The number of aromatic nitrogens is 3. The Morgan fingerprint density at radius 2 is 1.89 bits per heavy atom. The summed E-state index contributed by atoms with van der Waals surface area (Å²) < 4.78 is 17.8. The fourth-order valence-electron chi connectivity index (χ4n) is 4.69. The molecule has 36 heavy (non-hydrogen) atoms. The maximum atomic E-state index is 13.8. The minimum atomic E-state index is -0.927. The summed E-state index contributed by atoms with van der Waals surface area (Å²) in [6.07, 6.45) is 4.00. The molecule has 1 aliphatic carbocycles. The van der Waals surface area contributed by atoms with Gasteiger partial charge in [-0.15, -0.1) is 5.10 Å². The predicted molar refractivity (Wildman–Crippen MR) is 134 cm³/mol. The fraction of sp³-hybridized carbons (Fsp3) is 0.462. The number of carbonyl (C=O) groups is 2. The van der Waals surface area contributed by atoms with E-state index in [0.29, 0.717) is 22.6 Å². The van der Waals surface area contributed by atoms with E-state index in [4.69, 9.17) is 14.2 Å². The topological polar surface area (TPSA) is 108 Å². The van der Waals surface area contributed by atoms with Crippen molar-refractivity contribution in [3.8, 4) is 11.5 Å². The zero-order valence-electron chi connectivity index (χ0n) is 21.0. The van der Waals surface area contributed by atoms with Crippen LogP contribution in [0.25, 0.3) is 11.0 Å². The normalized spacial score (nSPS) is 14.5. The van der Waals surface area contributed by atoms with E-state index in [9.17, 15) is 9.59 Å². The summed E-state index contributed by atoms with van der Waals surface area (Å²) in [7, 11) is 4.66. The highest BCUT2D eigenvalue weighted by Crippen LogP contribution is 2.34. The maximum Gasteiger partial charge on any atom is 0.247 e. The first kappa shape index (κ1) is 25.4. The lowest BCUT2D eigenvalue weighted by Gasteiger charge is -2.33. The second-order valence-electron chi connectivity index (χ2n) is 8.82. The summed E-state index contributed by atoms with van der Waals surface area (Å²) in [5.41, 5.74) is 2.01. The largest absolute Gasteiger partial charge is 0.497 e. The molecule has 4 rings (SSSR count). The smallest absolute Gasteiger partial charge is 0.247 e. The van der Waals surface area contributed by atoms with E-state index in [1.54, 1.807) is 37.1 Å². The molecule has 1 atom stereocenters. The number of amides is 2. The Morgan fingerprint density at radius 3 is 2.61 bits per heavy atom. The molecule has 0 radical (unpaired) electrons. The molecule has 1 saturated carbocycles. The summed E-state index contributed by atoms with van der Waals surface area (Å²) >= 11 is 0. The first-order valence-electron chi connectivity index (χ1n) is 12.1. The van der Waals surface area contributed by atoms with Gasteiger partial charge < -0.3 is 24.4 Å². The third kappa shape index (κ3) is 5.59. The fourth-order valence-corrected chi connectivity index (χ4v) is 4.69. The van der Waals surface area contributed by atoms with Gasteiger partial charge in [-0.3, -0.25) is 9.59 Å². The van der Waals surface area contributed by atoms with Crippen LogP contribution in [-0.4, -0.2) is 72.2 Å². The predicted octanol–water partition coefficient (Wildman–Crippen LogP) is 2.72. The van der Waals surface area contributed by atoms with Gasteiger partial charge in [0.1, 0.15) is 29.6 Å². The van der Waals surface area contributed by atoms with Crippen LogP contribution in [0, 0.1) is 0 Å². The lowest BCUT2D eigenvalue weighted by Crippen LogP contribution is -2.48. The van der Waals surface area contributed by atoms with Gasteiger partial charge in [0.25, 0.3) is 0 Å². The second kappa shape index (κ2) is 11.9. The van der Waals surface area contributed by atoms with E-state index in [1.165, 1.54) is 12.0 Å². The molecule has 1 aliphatic rings. The van der Waals surface area contributed by atoms with Crippen molar-refractivity contribution in [2.75, 3.05) is 34.5 Å². The number of rotatable bonds is 11. The standard InChI is InChI=1S/C26H33N5O5/c1-34-15-14-30(24(32)17-31-22-11-7-6-10-21(22)28-29-31)25(26(33)27-18-8-4-5-9-18)20-13-12-19(35-2)16-23(20)36-3/h6-7,10-13,16,18,25H,4-5,8-9,14-15,17H2,1-3H3,(H,27,33)/t25-/m0/s1.